The summed E-state index contributed by atoms with van der Waals surface area (Å²) < 4.78 is 11.5. The summed E-state index contributed by atoms with van der Waals surface area (Å²) in [6, 6.07) is 18.2. The van der Waals surface area contributed by atoms with Gasteiger partial charge in [0, 0.05) is 38.9 Å². The molecule has 0 saturated carbocycles. The number of nitrogens with zero attached hydrogens (tertiary/aromatic N) is 2. The molecule has 0 aromatic heterocycles. The zero-order valence-corrected chi connectivity index (χ0v) is 19.1. The van der Waals surface area contributed by atoms with Crippen LogP contribution in [0.25, 0.3) is 0 Å². The number of likely N-dealkylation sites (tertiary alicyclic amines) is 1. The summed E-state index contributed by atoms with van der Waals surface area (Å²) in [6.07, 6.45) is 4.64. The van der Waals surface area contributed by atoms with E-state index in [1.165, 1.54) is 0 Å². The van der Waals surface area contributed by atoms with Crippen molar-refractivity contribution < 1.29 is 14.6 Å². The number of unbranched alkanes of at least 4 members (excludes halogenated alkanes) is 1. The third kappa shape index (κ3) is 7.75. The first-order valence-electron chi connectivity index (χ1n) is 11.6. The monoisotopic (exact) mass is 426 g/mol. The summed E-state index contributed by atoms with van der Waals surface area (Å²) in [4.78, 5) is 4.60. The Morgan fingerprint density at radius 3 is 2.26 bits per heavy atom. The number of hydrogen-bond acceptors (Lipinski definition) is 5. The van der Waals surface area contributed by atoms with E-state index in [4.69, 9.17) is 9.47 Å². The topological polar surface area (TPSA) is 45.2 Å². The Morgan fingerprint density at radius 2 is 1.58 bits per heavy atom. The highest BCUT2D eigenvalue weighted by Gasteiger charge is 2.32. The van der Waals surface area contributed by atoms with Crippen LogP contribution < -0.4 is 14.4 Å². The number of rotatable bonds is 12. The molecular weight excluding hydrogens is 388 g/mol. The summed E-state index contributed by atoms with van der Waals surface area (Å²) in [5.41, 5.74) is 0.579. The average Bonchev–Trinajstić information content (AvgIpc) is 2.80. The fraction of sp³-hybridized carbons (Fsp3) is 0.538. The zero-order valence-electron chi connectivity index (χ0n) is 19.1. The van der Waals surface area contributed by atoms with Crippen LogP contribution in [0.3, 0.4) is 0 Å². The number of hydrogen-bond donors (Lipinski definition) is 1. The van der Waals surface area contributed by atoms with Gasteiger partial charge >= 0.3 is 0 Å². The van der Waals surface area contributed by atoms with E-state index in [0.29, 0.717) is 6.61 Å². The maximum Gasteiger partial charge on any atom is 0.119 e. The maximum atomic E-state index is 11.0. The van der Waals surface area contributed by atoms with Crippen LogP contribution in [-0.2, 0) is 0 Å². The lowest BCUT2D eigenvalue weighted by Gasteiger charge is -2.39. The van der Waals surface area contributed by atoms with Crippen molar-refractivity contribution in [3.05, 3.63) is 54.6 Å². The summed E-state index contributed by atoms with van der Waals surface area (Å²) in [6.45, 7) is 7.20. The molecule has 0 radical (unpaired) electrons. The molecule has 2 aromatic carbocycles. The highest BCUT2D eigenvalue weighted by atomic mass is 16.5. The number of ether oxygens (including phenoxy) is 2. The Labute approximate surface area is 187 Å². The van der Waals surface area contributed by atoms with Crippen LogP contribution in [0.1, 0.15) is 39.0 Å². The quantitative estimate of drug-likeness (QED) is 0.503. The molecule has 0 amide bonds. The summed E-state index contributed by atoms with van der Waals surface area (Å²) in [5, 5.41) is 11.0. The lowest BCUT2D eigenvalue weighted by molar-refractivity contribution is -0.0276. The third-order valence-corrected chi connectivity index (χ3v) is 6.16. The van der Waals surface area contributed by atoms with E-state index in [2.05, 4.69) is 35.9 Å². The van der Waals surface area contributed by atoms with Gasteiger partial charge in [0.2, 0.25) is 0 Å². The number of aliphatic hydroxyl groups is 1. The number of anilines is 1. The largest absolute Gasteiger partial charge is 0.494 e. The average molecular weight is 427 g/mol. The SMILES string of the molecule is CCCCOc1ccc(N(C)CCC2(O)CCN(CCOc3ccccc3)CC2)cc1. The van der Waals surface area contributed by atoms with E-state index >= 15 is 0 Å². The Bertz CT molecular complexity index is 743. The van der Waals surface area contributed by atoms with Gasteiger partial charge in [-0.25, -0.2) is 0 Å². The van der Waals surface area contributed by atoms with Crippen molar-refractivity contribution in [2.75, 3.05) is 51.3 Å². The van der Waals surface area contributed by atoms with Gasteiger partial charge < -0.3 is 19.5 Å². The minimum atomic E-state index is -0.575. The van der Waals surface area contributed by atoms with Crippen molar-refractivity contribution >= 4 is 5.69 Å². The second-order valence-corrected chi connectivity index (χ2v) is 8.59. The molecule has 5 heteroatoms. The van der Waals surface area contributed by atoms with E-state index in [1.54, 1.807) is 0 Å². The second-order valence-electron chi connectivity index (χ2n) is 8.59. The molecule has 0 aliphatic carbocycles. The normalized spacial score (nSPS) is 16.1. The first-order chi connectivity index (χ1) is 15.1. The molecule has 0 bridgehead atoms. The standard InChI is InChI=1S/C26H38N2O3/c1-3-4-21-30-25-12-10-23(11-13-25)27(2)17-14-26(29)15-18-28(19-16-26)20-22-31-24-8-6-5-7-9-24/h5-13,29H,3-4,14-22H2,1-2H3. The predicted molar refractivity (Wildman–Crippen MR) is 127 cm³/mol. The molecule has 1 heterocycles. The Kier molecular flexibility index (Phi) is 9.04. The predicted octanol–water partition coefficient (Wildman–Crippen LogP) is 4.60. The molecule has 170 valence electrons. The van der Waals surface area contributed by atoms with Crippen molar-refractivity contribution in [2.24, 2.45) is 0 Å². The lowest BCUT2D eigenvalue weighted by atomic mass is 9.88. The van der Waals surface area contributed by atoms with Gasteiger partial charge in [-0.1, -0.05) is 31.5 Å². The summed E-state index contributed by atoms with van der Waals surface area (Å²) in [5.74, 6) is 1.84. The number of para-hydroxylation sites is 1. The van der Waals surface area contributed by atoms with Crippen LogP contribution in [0, 0.1) is 0 Å². The van der Waals surface area contributed by atoms with Gasteiger partial charge in [-0.15, -0.1) is 0 Å². The molecule has 5 nitrogen and oxygen atoms in total. The van der Waals surface area contributed by atoms with E-state index in [1.807, 2.05) is 42.5 Å². The first kappa shape index (κ1) is 23.4. The van der Waals surface area contributed by atoms with Crippen LogP contribution in [0.15, 0.2) is 54.6 Å². The lowest BCUT2D eigenvalue weighted by Crippen LogP contribution is -2.46. The zero-order chi connectivity index (χ0) is 21.9. The Hall–Kier alpha value is -2.24. The molecular formula is C26H38N2O3. The molecule has 31 heavy (non-hydrogen) atoms. The van der Waals surface area contributed by atoms with Crippen LogP contribution in [0.5, 0.6) is 11.5 Å². The minimum absolute atomic E-state index is 0.575. The Morgan fingerprint density at radius 1 is 0.935 bits per heavy atom. The smallest absolute Gasteiger partial charge is 0.119 e. The molecule has 1 N–H and O–H groups in total. The molecule has 1 aliphatic rings. The molecule has 2 aromatic rings. The van der Waals surface area contributed by atoms with Gasteiger partial charge in [0.05, 0.1) is 12.2 Å². The maximum absolute atomic E-state index is 11.0. The van der Waals surface area contributed by atoms with Crippen LogP contribution in [0.2, 0.25) is 0 Å². The molecule has 0 spiro atoms. The van der Waals surface area contributed by atoms with E-state index in [-0.39, 0.29) is 0 Å². The first-order valence-corrected chi connectivity index (χ1v) is 11.6. The third-order valence-electron chi connectivity index (χ3n) is 6.16. The second kappa shape index (κ2) is 12.0. The Balaban J connectivity index is 1.35. The van der Waals surface area contributed by atoms with Crippen molar-refractivity contribution in [2.45, 2.75) is 44.6 Å². The van der Waals surface area contributed by atoms with Gasteiger partial charge in [0.15, 0.2) is 0 Å². The van der Waals surface area contributed by atoms with E-state index in [9.17, 15) is 5.11 Å². The molecule has 1 saturated heterocycles. The highest BCUT2D eigenvalue weighted by molar-refractivity contribution is 5.48. The molecule has 1 aliphatic heterocycles. The van der Waals surface area contributed by atoms with Gasteiger partial charge in [0.1, 0.15) is 18.1 Å². The van der Waals surface area contributed by atoms with Gasteiger partial charge in [-0.2, -0.15) is 0 Å². The van der Waals surface area contributed by atoms with Crippen molar-refractivity contribution in [3.63, 3.8) is 0 Å². The van der Waals surface area contributed by atoms with Crippen molar-refractivity contribution in [1.82, 2.24) is 4.90 Å². The molecule has 0 atom stereocenters. The van der Waals surface area contributed by atoms with E-state index < -0.39 is 5.60 Å². The van der Waals surface area contributed by atoms with Gasteiger partial charge in [-0.3, -0.25) is 4.90 Å². The highest BCUT2D eigenvalue weighted by Crippen LogP contribution is 2.27. The van der Waals surface area contributed by atoms with Gasteiger partial charge in [-0.05, 0) is 62.1 Å². The summed E-state index contributed by atoms with van der Waals surface area (Å²) >= 11 is 0. The minimum Gasteiger partial charge on any atom is -0.494 e. The fourth-order valence-electron chi connectivity index (χ4n) is 3.89. The molecule has 1 fully saturated rings. The van der Waals surface area contributed by atoms with Crippen LogP contribution >= 0.6 is 0 Å². The van der Waals surface area contributed by atoms with Crippen LogP contribution in [0.4, 0.5) is 5.69 Å². The fourth-order valence-corrected chi connectivity index (χ4v) is 3.89. The summed E-state index contributed by atoms with van der Waals surface area (Å²) in [7, 11) is 2.09. The number of piperidine rings is 1. The van der Waals surface area contributed by atoms with Gasteiger partial charge in [0.25, 0.3) is 0 Å². The van der Waals surface area contributed by atoms with Crippen molar-refractivity contribution in [3.8, 4) is 11.5 Å². The molecule has 3 rings (SSSR count). The van der Waals surface area contributed by atoms with E-state index in [0.717, 1.165) is 82.1 Å². The van der Waals surface area contributed by atoms with Crippen molar-refractivity contribution in [1.29, 1.82) is 0 Å². The molecule has 0 unspecified atom stereocenters. The number of benzene rings is 2. The van der Waals surface area contributed by atoms with Crippen LogP contribution in [-0.4, -0.2) is 62.0 Å².